The van der Waals surface area contributed by atoms with E-state index in [-0.39, 0.29) is 25.1 Å². The smallest absolute Gasteiger partial charge is 0.309 e. The van der Waals surface area contributed by atoms with E-state index < -0.39 is 0 Å². The van der Waals surface area contributed by atoms with E-state index >= 15 is 0 Å². The molecule has 0 saturated heterocycles. The first-order chi connectivity index (χ1) is 7.27. The zero-order valence-corrected chi connectivity index (χ0v) is 8.72. The fourth-order valence-corrected chi connectivity index (χ4v) is 1.25. The van der Waals surface area contributed by atoms with Crippen LogP contribution in [0.2, 0.25) is 0 Å². The van der Waals surface area contributed by atoms with Gasteiger partial charge in [0.05, 0.1) is 13.0 Å². The number of esters is 1. The van der Waals surface area contributed by atoms with Gasteiger partial charge in [0, 0.05) is 5.92 Å². The normalized spacial score (nSPS) is 12.1. The Hall–Kier alpha value is -1.35. The second-order valence-corrected chi connectivity index (χ2v) is 3.21. The predicted octanol–water partition coefficient (Wildman–Crippen LogP) is 1.53. The van der Waals surface area contributed by atoms with E-state index in [0.29, 0.717) is 0 Å². The number of rotatable bonds is 5. The summed E-state index contributed by atoms with van der Waals surface area (Å²) in [5.41, 5.74) is 0.976. The van der Waals surface area contributed by atoms with Crippen LogP contribution >= 0.6 is 0 Å². The van der Waals surface area contributed by atoms with Gasteiger partial charge in [0.15, 0.2) is 0 Å². The number of carbonyl (C=O) groups excluding carboxylic acids is 1. The highest BCUT2D eigenvalue weighted by atomic mass is 16.5. The fourth-order valence-electron chi connectivity index (χ4n) is 1.25. The first kappa shape index (κ1) is 11.7. The van der Waals surface area contributed by atoms with Crippen molar-refractivity contribution in [2.45, 2.75) is 12.8 Å². The van der Waals surface area contributed by atoms with Gasteiger partial charge < -0.3 is 9.84 Å². The van der Waals surface area contributed by atoms with Crippen molar-refractivity contribution in [2.75, 3.05) is 13.2 Å². The van der Waals surface area contributed by atoms with E-state index in [1.54, 1.807) is 6.92 Å². The zero-order chi connectivity index (χ0) is 11.1. The topological polar surface area (TPSA) is 46.5 Å². The first-order valence-corrected chi connectivity index (χ1v) is 4.90. The van der Waals surface area contributed by atoms with Gasteiger partial charge in [-0.05, 0) is 5.56 Å². The number of aliphatic hydroxyl groups is 1. The van der Waals surface area contributed by atoms with Crippen LogP contribution in [0.5, 0.6) is 0 Å². The molecule has 0 aromatic heterocycles. The van der Waals surface area contributed by atoms with Crippen LogP contribution in [0.4, 0.5) is 0 Å². The minimum absolute atomic E-state index is 0.0268. The van der Waals surface area contributed by atoms with Crippen molar-refractivity contribution >= 4 is 5.97 Å². The second kappa shape index (κ2) is 6.19. The molecule has 1 unspecified atom stereocenters. The van der Waals surface area contributed by atoms with Gasteiger partial charge in [-0.15, -0.1) is 0 Å². The van der Waals surface area contributed by atoms with Crippen molar-refractivity contribution in [3.05, 3.63) is 42.3 Å². The molecule has 3 nitrogen and oxygen atoms in total. The van der Waals surface area contributed by atoms with Crippen LogP contribution in [-0.2, 0) is 9.53 Å². The first-order valence-electron chi connectivity index (χ1n) is 4.90. The monoisotopic (exact) mass is 207 g/mol. The van der Waals surface area contributed by atoms with E-state index in [0.717, 1.165) is 5.56 Å². The molecule has 0 aliphatic rings. The van der Waals surface area contributed by atoms with Gasteiger partial charge in [-0.2, -0.15) is 0 Å². The standard InChI is InChI=1S/C12H15O3/c1-2-12(14)15-9-11(8-13)10-6-4-3-5-7-10/h2-7,11,13H,8-9H2,1H3. The van der Waals surface area contributed by atoms with Gasteiger partial charge in [-0.1, -0.05) is 37.3 Å². The second-order valence-electron chi connectivity index (χ2n) is 3.21. The lowest BCUT2D eigenvalue weighted by Crippen LogP contribution is -2.15. The fraction of sp³-hybridized carbons (Fsp3) is 0.333. The molecule has 0 aliphatic heterocycles. The summed E-state index contributed by atoms with van der Waals surface area (Å²) in [5.74, 6) is -0.500. The van der Waals surface area contributed by atoms with Gasteiger partial charge in [0.1, 0.15) is 6.61 Å². The van der Waals surface area contributed by atoms with Gasteiger partial charge in [0.2, 0.25) is 0 Å². The average molecular weight is 207 g/mol. The Morgan fingerprint density at radius 1 is 1.47 bits per heavy atom. The summed E-state index contributed by atoms with van der Waals surface area (Å²) < 4.78 is 4.94. The molecule has 0 spiro atoms. The number of hydrogen-bond acceptors (Lipinski definition) is 3. The molecule has 1 aromatic carbocycles. The van der Waals surface area contributed by atoms with Crippen LogP contribution in [0.15, 0.2) is 30.3 Å². The Balaban J connectivity index is 2.53. The Morgan fingerprint density at radius 2 is 2.13 bits per heavy atom. The minimum Gasteiger partial charge on any atom is -0.465 e. The van der Waals surface area contributed by atoms with Crippen LogP contribution in [0.3, 0.4) is 0 Å². The van der Waals surface area contributed by atoms with Crippen molar-refractivity contribution in [3.8, 4) is 0 Å². The lowest BCUT2D eigenvalue weighted by Gasteiger charge is -2.14. The van der Waals surface area contributed by atoms with Gasteiger partial charge in [-0.3, -0.25) is 4.79 Å². The summed E-state index contributed by atoms with van der Waals surface area (Å²) >= 11 is 0. The van der Waals surface area contributed by atoms with E-state index in [1.807, 2.05) is 30.3 Å². The van der Waals surface area contributed by atoms with E-state index in [2.05, 4.69) is 0 Å². The minimum atomic E-state index is -0.357. The van der Waals surface area contributed by atoms with Crippen molar-refractivity contribution < 1.29 is 14.6 Å². The summed E-state index contributed by atoms with van der Waals surface area (Å²) in [6.07, 6.45) is 1.36. The summed E-state index contributed by atoms with van der Waals surface area (Å²) in [5, 5.41) is 9.16. The summed E-state index contributed by atoms with van der Waals surface area (Å²) in [6.45, 7) is 1.81. The number of ether oxygens (including phenoxy) is 1. The highest BCUT2D eigenvalue weighted by Crippen LogP contribution is 2.15. The Kier molecular flexibility index (Phi) is 4.84. The largest absolute Gasteiger partial charge is 0.465 e. The van der Waals surface area contributed by atoms with E-state index in [1.165, 1.54) is 6.42 Å². The molecule has 0 amide bonds. The maximum absolute atomic E-state index is 10.9. The summed E-state index contributed by atoms with van der Waals surface area (Å²) in [4.78, 5) is 10.9. The molecule has 3 heteroatoms. The number of carbonyl (C=O) groups is 1. The molecule has 0 fully saturated rings. The molecule has 1 rings (SSSR count). The van der Waals surface area contributed by atoms with Crippen molar-refractivity contribution in [2.24, 2.45) is 0 Å². The third kappa shape index (κ3) is 3.72. The molecule has 1 N–H and O–H groups in total. The molecule has 81 valence electrons. The van der Waals surface area contributed by atoms with Crippen LogP contribution in [0, 0.1) is 6.42 Å². The molecule has 1 radical (unpaired) electrons. The lowest BCUT2D eigenvalue weighted by atomic mass is 10.0. The molecule has 0 aliphatic carbocycles. The number of benzene rings is 1. The zero-order valence-electron chi connectivity index (χ0n) is 8.72. The van der Waals surface area contributed by atoms with Crippen LogP contribution in [0.25, 0.3) is 0 Å². The van der Waals surface area contributed by atoms with Crippen molar-refractivity contribution in [1.82, 2.24) is 0 Å². The molecule has 15 heavy (non-hydrogen) atoms. The molecule has 1 atom stereocenters. The molecule has 0 bridgehead atoms. The maximum Gasteiger partial charge on any atom is 0.309 e. The quantitative estimate of drug-likeness (QED) is 0.745. The lowest BCUT2D eigenvalue weighted by molar-refractivity contribution is -0.140. The molecular weight excluding hydrogens is 192 g/mol. The van der Waals surface area contributed by atoms with Crippen molar-refractivity contribution in [3.63, 3.8) is 0 Å². The predicted molar refractivity (Wildman–Crippen MR) is 57.2 cm³/mol. The molecule has 1 aromatic rings. The number of aliphatic hydroxyl groups excluding tert-OH is 1. The van der Waals surface area contributed by atoms with Crippen LogP contribution in [-0.4, -0.2) is 24.3 Å². The third-order valence-electron chi connectivity index (χ3n) is 2.15. The van der Waals surface area contributed by atoms with Gasteiger partial charge in [-0.25, -0.2) is 0 Å². The highest BCUT2D eigenvalue weighted by molar-refractivity contribution is 5.78. The maximum atomic E-state index is 10.9. The molecule has 0 saturated carbocycles. The van der Waals surface area contributed by atoms with Gasteiger partial charge in [0.25, 0.3) is 0 Å². The Morgan fingerprint density at radius 3 is 2.67 bits per heavy atom. The summed E-state index contributed by atoms with van der Waals surface area (Å²) in [7, 11) is 0. The van der Waals surface area contributed by atoms with Gasteiger partial charge >= 0.3 is 5.97 Å². The highest BCUT2D eigenvalue weighted by Gasteiger charge is 2.12. The Bertz CT molecular complexity index is 295. The molecule has 0 heterocycles. The van der Waals surface area contributed by atoms with E-state index in [4.69, 9.17) is 9.84 Å². The van der Waals surface area contributed by atoms with E-state index in [9.17, 15) is 4.79 Å². The Labute approximate surface area is 89.7 Å². The van der Waals surface area contributed by atoms with Crippen molar-refractivity contribution in [1.29, 1.82) is 0 Å². The third-order valence-corrected chi connectivity index (χ3v) is 2.15. The van der Waals surface area contributed by atoms with Crippen LogP contribution < -0.4 is 0 Å². The SMILES string of the molecule is C[CH]C(=O)OCC(CO)c1ccccc1. The average Bonchev–Trinajstić information content (AvgIpc) is 2.31. The number of hydrogen-bond donors (Lipinski definition) is 1. The summed E-state index contributed by atoms with van der Waals surface area (Å²) in [6, 6.07) is 9.51. The molecular formula is C12H15O3. The van der Waals surface area contributed by atoms with Crippen LogP contribution in [0.1, 0.15) is 18.4 Å².